The summed E-state index contributed by atoms with van der Waals surface area (Å²) in [6.07, 6.45) is 3.54. The molecule has 0 spiro atoms. The monoisotopic (exact) mass is 260 g/mol. The van der Waals surface area contributed by atoms with Gasteiger partial charge in [0.2, 0.25) is 0 Å². The molecule has 1 unspecified atom stereocenters. The zero-order chi connectivity index (χ0) is 9.61. The zero-order valence-corrected chi connectivity index (χ0v) is 11.5. The van der Waals surface area contributed by atoms with Crippen molar-refractivity contribution in [2.24, 2.45) is 5.92 Å². The standard InChI is InChI=1S/C7H16S5/c1-2-3-4-6(5-8)7(9,10)12-11/h6,8-11H,2-5H2,1H3. The Balaban J connectivity index is 3.95. The van der Waals surface area contributed by atoms with Crippen LogP contribution in [0.15, 0.2) is 0 Å². The van der Waals surface area contributed by atoms with E-state index >= 15 is 0 Å². The molecule has 0 rings (SSSR count). The first kappa shape index (κ1) is 13.8. The average molecular weight is 261 g/mol. The third-order valence-electron chi connectivity index (χ3n) is 1.79. The summed E-state index contributed by atoms with van der Waals surface area (Å²) >= 11 is 17.3. The minimum absolute atomic E-state index is 0.347. The summed E-state index contributed by atoms with van der Waals surface area (Å²) in [5, 5.41) is 0. The van der Waals surface area contributed by atoms with Crippen molar-refractivity contribution >= 4 is 60.3 Å². The van der Waals surface area contributed by atoms with E-state index in [0.29, 0.717) is 5.92 Å². The molecular formula is C7H16S5. The van der Waals surface area contributed by atoms with Crippen molar-refractivity contribution in [1.82, 2.24) is 0 Å². The van der Waals surface area contributed by atoms with Crippen LogP contribution in [0.3, 0.4) is 0 Å². The van der Waals surface area contributed by atoms with Crippen molar-refractivity contribution < 1.29 is 0 Å². The molecule has 0 aliphatic carbocycles. The van der Waals surface area contributed by atoms with Crippen LogP contribution in [0.1, 0.15) is 26.2 Å². The van der Waals surface area contributed by atoms with E-state index in [1.54, 1.807) is 0 Å². The van der Waals surface area contributed by atoms with Crippen LogP contribution in [0.5, 0.6) is 0 Å². The van der Waals surface area contributed by atoms with E-state index in [2.05, 4.69) is 56.5 Å². The fourth-order valence-corrected chi connectivity index (χ4v) is 3.03. The highest BCUT2D eigenvalue weighted by Gasteiger charge is 2.29. The molecule has 0 N–H and O–H groups in total. The first-order chi connectivity index (χ1) is 5.58. The van der Waals surface area contributed by atoms with Crippen LogP contribution in [0, 0.1) is 5.92 Å². The minimum atomic E-state index is -0.347. The van der Waals surface area contributed by atoms with Crippen molar-refractivity contribution in [3.63, 3.8) is 0 Å². The lowest BCUT2D eigenvalue weighted by atomic mass is 10.1. The van der Waals surface area contributed by atoms with Gasteiger partial charge in [-0.1, -0.05) is 30.6 Å². The zero-order valence-electron chi connectivity index (χ0n) is 7.10. The Labute approximate surface area is 101 Å². The van der Waals surface area contributed by atoms with E-state index in [9.17, 15) is 0 Å². The van der Waals surface area contributed by atoms with Gasteiger partial charge in [-0.25, -0.2) is 0 Å². The minimum Gasteiger partial charge on any atom is -0.179 e. The number of rotatable bonds is 6. The Hall–Kier alpha value is 1.75. The molecule has 0 aromatic heterocycles. The van der Waals surface area contributed by atoms with Crippen molar-refractivity contribution in [3.8, 4) is 0 Å². The molecule has 0 bridgehead atoms. The smallest absolute Gasteiger partial charge is 0.114 e. The quantitative estimate of drug-likeness (QED) is 0.320. The molecule has 0 aliphatic rings. The molecule has 12 heavy (non-hydrogen) atoms. The number of thiol groups is 4. The topological polar surface area (TPSA) is 0 Å². The van der Waals surface area contributed by atoms with Crippen molar-refractivity contribution in [2.45, 2.75) is 29.6 Å². The third kappa shape index (κ3) is 4.84. The summed E-state index contributed by atoms with van der Waals surface area (Å²) in [6, 6.07) is 0. The van der Waals surface area contributed by atoms with Gasteiger partial charge >= 0.3 is 0 Å². The van der Waals surface area contributed by atoms with Crippen molar-refractivity contribution in [1.29, 1.82) is 0 Å². The second kappa shape index (κ2) is 7.10. The van der Waals surface area contributed by atoms with Crippen LogP contribution in [0.25, 0.3) is 0 Å². The van der Waals surface area contributed by atoms with E-state index < -0.39 is 0 Å². The van der Waals surface area contributed by atoms with Crippen LogP contribution in [-0.4, -0.2) is 9.16 Å². The van der Waals surface area contributed by atoms with Crippen LogP contribution in [0.4, 0.5) is 0 Å². The maximum atomic E-state index is 4.44. The predicted molar refractivity (Wildman–Crippen MR) is 74.1 cm³/mol. The van der Waals surface area contributed by atoms with Gasteiger partial charge in [-0.05, 0) is 12.2 Å². The fourth-order valence-electron chi connectivity index (χ4n) is 0.923. The van der Waals surface area contributed by atoms with Gasteiger partial charge < -0.3 is 0 Å². The molecular weight excluding hydrogens is 244 g/mol. The van der Waals surface area contributed by atoms with E-state index in [-0.39, 0.29) is 3.41 Å². The van der Waals surface area contributed by atoms with Crippen LogP contribution in [-0.2, 0) is 0 Å². The summed E-state index contributed by atoms with van der Waals surface area (Å²) in [5.41, 5.74) is 0. The first-order valence-electron chi connectivity index (χ1n) is 3.96. The van der Waals surface area contributed by atoms with E-state index in [1.165, 1.54) is 23.6 Å². The number of hydrogen-bond acceptors (Lipinski definition) is 5. The summed E-state index contributed by atoms with van der Waals surface area (Å²) in [7, 11) is 1.38. The average Bonchev–Trinajstić information content (AvgIpc) is 2.05. The van der Waals surface area contributed by atoms with Gasteiger partial charge in [-0.15, -0.1) is 11.7 Å². The Morgan fingerprint density at radius 1 is 1.42 bits per heavy atom. The molecule has 74 valence electrons. The highest BCUT2D eigenvalue weighted by atomic mass is 33.1. The van der Waals surface area contributed by atoms with E-state index in [4.69, 9.17) is 0 Å². The van der Waals surface area contributed by atoms with Crippen molar-refractivity contribution in [2.75, 3.05) is 5.75 Å². The summed E-state index contributed by atoms with van der Waals surface area (Å²) in [4.78, 5) is 0. The lowest BCUT2D eigenvalue weighted by molar-refractivity contribution is 0.539. The Kier molecular flexibility index (Phi) is 8.13. The molecule has 0 saturated carbocycles. The highest BCUT2D eigenvalue weighted by Crippen LogP contribution is 2.45. The summed E-state index contributed by atoms with van der Waals surface area (Å²) in [6.45, 7) is 2.18. The molecule has 5 heteroatoms. The van der Waals surface area contributed by atoms with Gasteiger partial charge in [0.05, 0.1) is 0 Å². The van der Waals surface area contributed by atoms with E-state index in [1.807, 2.05) is 0 Å². The lowest BCUT2D eigenvalue weighted by Crippen LogP contribution is -2.22. The summed E-state index contributed by atoms with van der Waals surface area (Å²) < 4.78 is -0.347. The first-order valence-corrected chi connectivity index (χ1v) is 7.36. The Morgan fingerprint density at radius 2 is 2.00 bits per heavy atom. The molecule has 0 aromatic carbocycles. The summed E-state index contributed by atoms with van der Waals surface area (Å²) in [5.74, 6) is 1.23. The molecule has 0 radical (unpaired) electrons. The van der Waals surface area contributed by atoms with Gasteiger partial charge in [-0.3, -0.25) is 0 Å². The van der Waals surface area contributed by atoms with Gasteiger partial charge in [0.1, 0.15) is 3.41 Å². The second-order valence-corrected chi connectivity index (χ2v) is 6.88. The number of hydrogen-bond donors (Lipinski definition) is 4. The van der Waals surface area contributed by atoms with E-state index in [0.717, 1.165) is 12.2 Å². The van der Waals surface area contributed by atoms with Gasteiger partial charge in [0.15, 0.2) is 0 Å². The molecule has 0 saturated heterocycles. The SMILES string of the molecule is CCCCC(CS)C(S)(S)SS. The van der Waals surface area contributed by atoms with Crippen LogP contribution >= 0.6 is 60.3 Å². The normalized spacial score (nSPS) is 14.8. The van der Waals surface area contributed by atoms with Crippen molar-refractivity contribution in [3.05, 3.63) is 0 Å². The maximum absolute atomic E-state index is 4.44. The third-order valence-corrected chi connectivity index (χ3v) is 5.84. The predicted octanol–water partition coefficient (Wildman–Crippen LogP) is 3.81. The fraction of sp³-hybridized carbons (Fsp3) is 1.00. The van der Waals surface area contributed by atoms with Gasteiger partial charge in [0, 0.05) is 5.92 Å². The molecule has 0 aliphatic heterocycles. The lowest BCUT2D eigenvalue weighted by Gasteiger charge is -2.28. The maximum Gasteiger partial charge on any atom is 0.114 e. The Morgan fingerprint density at radius 3 is 2.33 bits per heavy atom. The molecule has 0 amide bonds. The molecule has 0 nitrogen and oxygen atoms in total. The molecule has 0 aromatic rings. The largest absolute Gasteiger partial charge is 0.179 e. The van der Waals surface area contributed by atoms with Crippen LogP contribution < -0.4 is 0 Å². The highest BCUT2D eigenvalue weighted by molar-refractivity contribution is 8.72. The molecule has 1 atom stereocenters. The Bertz CT molecular complexity index is 114. The number of unbranched alkanes of at least 4 members (excludes halogenated alkanes) is 1. The van der Waals surface area contributed by atoms with Gasteiger partial charge in [0.25, 0.3) is 0 Å². The molecule has 0 fully saturated rings. The molecule has 0 heterocycles. The van der Waals surface area contributed by atoms with Crippen LogP contribution in [0.2, 0.25) is 0 Å². The second-order valence-electron chi connectivity index (χ2n) is 2.77. The van der Waals surface area contributed by atoms with Gasteiger partial charge in [-0.2, -0.15) is 37.9 Å².